The number of aliphatic imine (C=N–C) groups is 1. The van der Waals surface area contributed by atoms with Gasteiger partial charge in [0.1, 0.15) is 5.70 Å². The average molecular weight is 180 g/mol. The molecule has 0 aliphatic carbocycles. The Balaban J connectivity index is 4.34. The summed E-state index contributed by atoms with van der Waals surface area (Å²) in [5, 5.41) is 2.05. The minimum absolute atomic E-state index is 0.478. The van der Waals surface area contributed by atoms with Crippen LogP contribution < -0.4 is 5.32 Å². The van der Waals surface area contributed by atoms with Crippen molar-refractivity contribution in [2.75, 3.05) is 13.6 Å². The van der Waals surface area contributed by atoms with Crippen molar-refractivity contribution in [3.63, 3.8) is 0 Å². The largest absolute Gasteiger partial charge is 0.430 e. The van der Waals surface area contributed by atoms with Crippen LogP contribution in [0.25, 0.3) is 0 Å². The lowest BCUT2D eigenvalue weighted by Crippen LogP contribution is -2.23. The third-order valence-electron chi connectivity index (χ3n) is 1.10. The van der Waals surface area contributed by atoms with Crippen LogP contribution in [0, 0.1) is 0 Å². The first-order valence-electron chi connectivity index (χ1n) is 3.47. The molecule has 0 fully saturated rings. The molecular formula is C7H11F3N2. The van der Waals surface area contributed by atoms with Crippen LogP contribution in [-0.2, 0) is 0 Å². The molecule has 0 heterocycles. The number of rotatable bonds is 3. The van der Waals surface area contributed by atoms with Gasteiger partial charge in [0.05, 0.1) is 0 Å². The second-order valence-electron chi connectivity index (χ2n) is 1.98. The third kappa shape index (κ3) is 4.00. The summed E-state index contributed by atoms with van der Waals surface area (Å²) in [6.45, 7) is 2.22. The van der Waals surface area contributed by atoms with Gasteiger partial charge >= 0.3 is 6.18 Å². The van der Waals surface area contributed by atoms with Crippen molar-refractivity contribution in [1.82, 2.24) is 5.32 Å². The van der Waals surface area contributed by atoms with E-state index in [1.54, 1.807) is 6.92 Å². The molecule has 0 rings (SSSR count). The van der Waals surface area contributed by atoms with E-state index in [4.69, 9.17) is 0 Å². The smallest absolute Gasteiger partial charge is 0.384 e. The molecule has 0 aromatic rings. The highest BCUT2D eigenvalue weighted by molar-refractivity contribution is 5.72. The topological polar surface area (TPSA) is 24.4 Å². The van der Waals surface area contributed by atoms with Gasteiger partial charge in [-0.25, -0.2) is 0 Å². The molecule has 0 saturated carbocycles. The highest BCUT2D eigenvalue weighted by atomic mass is 19.4. The van der Waals surface area contributed by atoms with Crippen LogP contribution in [-0.4, -0.2) is 26.0 Å². The lowest BCUT2D eigenvalue weighted by molar-refractivity contribution is -0.0958. The van der Waals surface area contributed by atoms with Gasteiger partial charge in [-0.15, -0.1) is 0 Å². The van der Waals surface area contributed by atoms with Crippen LogP contribution in [0.15, 0.2) is 16.8 Å². The van der Waals surface area contributed by atoms with Gasteiger partial charge < -0.3 is 5.32 Å². The van der Waals surface area contributed by atoms with E-state index in [1.807, 2.05) is 5.32 Å². The number of alkyl halides is 3. The zero-order valence-corrected chi connectivity index (χ0v) is 6.94. The number of halogens is 3. The second-order valence-corrected chi connectivity index (χ2v) is 1.98. The first-order chi connectivity index (χ1) is 5.52. The van der Waals surface area contributed by atoms with E-state index in [2.05, 4.69) is 4.99 Å². The molecule has 0 bridgehead atoms. The summed E-state index contributed by atoms with van der Waals surface area (Å²) in [5.41, 5.74) is -0.792. The predicted octanol–water partition coefficient (Wildman–Crippen LogP) is 1.74. The number of hydrogen-bond donors (Lipinski definition) is 1. The monoisotopic (exact) mass is 180 g/mol. The number of nitrogens with zero attached hydrogens (tertiary/aromatic N) is 1. The Hall–Kier alpha value is -1.00. The van der Waals surface area contributed by atoms with Crippen molar-refractivity contribution < 1.29 is 13.2 Å². The minimum Gasteiger partial charge on any atom is -0.384 e. The molecule has 2 nitrogen and oxygen atoms in total. The van der Waals surface area contributed by atoms with Crippen LogP contribution in [0.2, 0.25) is 0 Å². The standard InChI is InChI=1S/C7H11F3N2/c1-3-12-5-4-6(11-2)7(8,9)10/h4-5,11H,3H2,1-2H3/b6-4-,12-5?. The molecule has 0 unspecified atom stereocenters. The van der Waals surface area contributed by atoms with Gasteiger partial charge in [-0.1, -0.05) is 0 Å². The van der Waals surface area contributed by atoms with E-state index in [-0.39, 0.29) is 0 Å². The molecule has 0 aliphatic heterocycles. The molecule has 70 valence electrons. The van der Waals surface area contributed by atoms with Crippen LogP contribution in [0.5, 0.6) is 0 Å². The van der Waals surface area contributed by atoms with Gasteiger partial charge in [-0.05, 0) is 13.0 Å². The van der Waals surface area contributed by atoms with E-state index >= 15 is 0 Å². The van der Waals surface area contributed by atoms with Crippen LogP contribution in [0.1, 0.15) is 6.92 Å². The maximum Gasteiger partial charge on any atom is 0.430 e. The fourth-order valence-electron chi connectivity index (χ4n) is 0.552. The van der Waals surface area contributed by atoms with E-state index in [1.165, 1.54) is 7.05 Å². The molecule has 0 spiro atoms. The molecule has 5 heteroatoms. The summed E-state index contributed by atoms with van der Waals surface area (Å²) in [5.74, 6) is 0. The van der Waals surface area contributed by atoms with Gasteiger partial charge in [-0.2, -0.15) is 13.2 Å². The Kier molecular flexibility index (Phi) is 4.39. The van der Waals surface area contributed by atoms with Gasteiger partial charge in [0, 0.05) is 19.8 Å². The Bertz CT molecular complexity index is 182. The highest BCUT2D eigenvalue weighted by Crippen LogP contribution is 2.22. The Morgan fingerprint density at radius 1 is 1.50 bits per heavy atom. The molecule has 0 radical (unpaired) electrons. The fourth-order valence-corrected chi connectivity index (χ4v) is 0.552. The maximum atomic E-state index is 12.0. The number of hydrogen-bond acceptors (Lipinski definition) is 2. The SMILES string of the molecule is CCN=C/C=C(\NC)C(F)(F)F. The van der Waals surface area contributed by atoms with E-state index < -0.39 is 11.9 Å². The first kappa shape index (κ1) is 11.0. The van der Waals surface area contributed by atoms with Gasteiger partial charge in [0.15, 0.2) is 0 Å². The lowest BCUT2D eigenvalue weighted by Gasteiger charge is -2.08. The predicted molar refractivity (Wildman–Crippen MR) is 42.2 cm³/mol. The third-order valence-corrected chi connectivity index (χ3v) is 1.10. The van der Waals surface area contributed by atoms with E-state index in [0.29, 0.717) is 6.54 Å². The van der Waals surface area contributed by atoms with Crippen molar-refractivity contribution >= 4 is 6.21 Å². The molecule has 12 heavy (non-hydrogen) atoms. The van der Waals surface area contributed by atoms with Crippen molar-refractivity contribution in [2.45, 2.75) is 13.1 Å². The Morgan fingerprint density at radius 2 is 2.08 bits per heavy atom. The van der Waals surface area contributed by atoms with Crippen molar-refractivity contribution in [3.8, 4) is 0 Å². The minimum atomic E-state index is -4.32. The lowest BCUT2D eigenvalue weighted by atomic mass is 10.4. The van der Waals surface area contributed by atoms with Crippen molar-refractivity contribution in [2.24, 2.45) is 4.99 Å². The fraction of sp³-hybridized carbons (Fsp3) is 0.571. The first-order valence-corrected chi connectivity index (χ1v) is 3.47. The average Bonchev–Trinajstić information content (AvgIpc) is 1.95. The molecule has 0 amide bonds. The number of nitrogens with one attached hydrogen (secondary N) is 1. The van der Waals surface area contributed by atoms with Gasteiger partial charge in [0.2, 0.25) is 0 Å². The van der Waals surface area contributed by atoms with Crippen molar-refractivity contribution in [3.05, 3.63) is 11.8 Å². The number of allylic oxidation sites excluding steroid dienone is 2. The normalized spacial score (nSPS) is 13.9. The molecule has 0 aromatic carbocycles. The van der Waals surface area contributed by atoms with E-state index in [9.17, 15) is 13.2 Å². The summed E-state index contributed by atoms with van der Waals surface area (Å²) in [7, 11) is 1.22. The molecule has 1 N–H and O–H groups in total. The van der Waals surface area contributed by atoms with Gasteiger partial charge in [-0.3, -0.25) is 4.99 Å². The van der Waals surface area contributed by atoms with Crippen LogP contribution in [0.4, 0.5) is 13.2 Å². The molecule has 0 saturated heterocycles. The molecule has 0 aliphatic rings. The van der Waals surface area contributed by atoms with E-state index in [0.717, 1.165) is 12.3 Å². The Labute approximate surface area is 69.2 Å². The Morgan fingerprint density at radius 3 is 2.42 bits per heavy atom. The summed E-state index contributed by atoms with van der Waals surface area (Å²) in [4.78, 5) is 3.63. The van der Waals surface area contributed by atoms with Crippen LogP contribution >= 0.6 is 0 Å². The van der Waals surface area contributed by atoms with Crippen LogP contribution in [0.3, 0.4) is 0 Å². The molecular weight excluding hydrogens is 169 g/mol. The second kappa shape index (κ2) is 4.79. The van der Waals surface area contributed by atoms with Crippen molar-refractivity contribution in [1.29, 1.82) is 0 Å². The zero-order valence-electron chi connectivity index (χ0n) is 6.94. The molecule has 0 aromatic heterocycles. The van der Waals surface area contributed by atoms with Gasteiger partial charge in [0.25, 0.3) is 0 Å². The summed E-state index contributed by atoms with van der Waals surface area (Å²) < 4.78 is 35.9. The summed E-state index contributed by atoms with van der Waals surface area (Å²) >= 11 is 0. The summed E-state index contributed by atoms with van der Waals surface area (Å²) in [6.07, 6.45) is -2.28. The summed E-state index contributed by atoms with van der Waals surface area (Å²) in [6, 6.07) is 0. The quantitative estimate of drug-likeness (QED) is 0.657. The zero-order chi connectivity index (χ0) is 9.61. The maximum absolute atomic E-state index is 12.0. The highest BCUT2D eigenvalue weighted by Gasteiger charge is 2.32. The molecule has 0 atom stereocenters.